The summed E-state index contributed by atoms with van der Waals surface area (Å²) in [7, 11) is 3.32. The molecule has 0 aromatic heterocycles. The normalized spacial score (nSPS) is 12.5. The van der Waals surface area contributed by atoms with E-state index in [0.717, 1.165) is 37.5 Å². The van der Waals surface area contributed by atoms with Crippen LogP contribution in [0.3, 0.4) is 0 Å². The molecule has 4 heteroatoms. The van der Waals surface area contributed by atoms with Gasteiger partial charge in [-0.1, -0.05) is 6.07 Å². The second-order valence-electron chi connectivity index (χ2n) is 5.52. The Kier molecular flexibility index (Phi) is 8.16. The molecule has 1 unspecified atom stereocenters. The molecule has 0 saturated heterocycles. The molecule has 0 aliphatic carbocycles. The Labute approximate surface area is 128 Å². The van der Waals surface area contributed by atoms with Gasteiger partial charge in [0.2, 0.25) is 0 Å². The molecule has 0 spiro atoms. The smallest absolute Gasteiger partial charge is 0.160 e. The molecule has 120 valence electrons. The van der Waals surface area contributed by atoms with Crippen LogP contribution in [0.15, 0.2) is 18.2 Å². The van der Waals surface area contributed by atoms with Gasteiger partial charge in [0.1, 0.15) is 0 Å². The number of benzene rings is 1. The molecule has 1 atom stereocenters. The Morgan fingerprint density at radius 3 is 2.38 bits per heavy atom. The molecule has 0 fully saturated rings. The molecule has 0 heterocycles. The lowest BCUT2D eigenvalue weighted by Gasteiger charge is -2.16. The van der Waals surface area contributed by atoms with E-state index in [-0.39, 0.29) is 0 Å². The first-order valence-corrected chi connectivity index (χ1v) is 7.62. The summed E-state index contributed by atoms with van der Waals surface area (Å²) in [6.07, 6.45) is 2.31. The quantitative estimate of drug-likeness (QED) is 0.674. The first-order valence-electron chi connectivity index (χ1n) is 7.62. The fraction of sp³-hybridized carbons (Fsp3) is 0.647. The fourth-order valence-electron chi connectivity index (χ4n) is 2.17. The van der Waals surface area contributed by atoms with E-state index in [1.54, 1.807) is 14.2 Å². The summed E-state index contributed by atoms with van der Waals surface area (Å²) >= 11 is 0. The van der Waals surface area contributed by atoms with Crippen molar-refractivity contribution in [2.45, 2.75) is 45.8 Å². The molecule has 1 aromatic rings. The van der Waals surface area contributed by atoms with Crippen molar-refractivity contribution in [2.75, 3.05) is 27.4 Å². The number of hydrogen-bond donors (Lipinski definition) is 1. The van der Waals surface area contributed by atoms with Gasteiger partial charge in [-0.2, -0.15) is 0 Å². The second kappa shape index (κ2) is 9.64. The van der Waals surface area contributed by atoms with Crippen molar-refractivity contribution >= 4 is 0 Å². The molecular weight excluding hydrogens is 266 g/mol. The van der Waals surface area contributed by atoms with Crippen LogP contribution in [0.5, 0.6) is 11.5 Å². The van der Waals surface area contributed by atoms with Gasteiger partial charge in [0.25, 0.3) is 0 Å². The van der Waals surface area contributed by atoms with Crippen LogP contribution >= 0.6 is 0 Å². The van der Waals surface area contributed by atoms with Crippen LogP contribution in [0, 0.1) is 0 Å². The first kappa shape index (κ1) is 17.8. The van der Waals surface area contributed by atoms with E-state index < -0.39 is 0 Å². The van der Waals surface area contributed by atoms with Gasteiger partial charge in [-0.15, -0.1) is 0 Å². The average molecular weight is 295 g/mol. The van der Waals surface area contributed by atoms with Crippen LogP contribution in [-0.2, 0) is 11.2 Å². The Morgan fingerprint density at radius 1 is 1.05 bits per heavy atom. The monoisotopic (exact) mass is 295 g/mol. The minimum Gasteiger partial charge on any atom is -0.493 e. The molecule has 0 radical (unpaired) electrons. The fourth-order valence-corrected chi connectivity index (χ4v) is 2.17. The Bertz CT molecular complexity index is 407. The van der Waals surface area contributed by atoms with E-state index >= 15 is 0 Å². The lowest BCUT2D eigenvalue weighted by Crippen LogP contribution is -2.29. The lowest BCUT2D eigenvalue weighted by atomic mass is 10.1. The van der Waals surface area contributed by atoms with Crippen LogP contribution < -0.4 is 14.8 Å². The van der Waals surface area contributed by atoms with Gasteiger partial charge in [0.05, 0.1) is 20.3 Å². The van der Waals surface area contributed by atoms with E-state index in [1.807, 2.05) is 12.1 Å². The van der Waals surface area contributed by atoms with Crippen LogP contribution in [-0.4, -0.2) is 39.5 Å². The van der Waals surface area contributed by atoms with Crippen molar-refractivity contribution in [1.29, 1.82) is 0 Å². The maximum Gasteiger partial charge on any atom is 0.160 e. The summed E-state index contributed by atoms with van der Waals surface area (Å²) in [6, 6.07) is 6.50. The van der Waals surface area contributed by atoms with Crippen molar-refractivity contribution < 1.29 is 14.2 Å². The summed E-state index contributed by atoms with van der Waals surface area (Å²) < 4.78 is 16.1. The number of rotatable bonds is 10. The maximum atomic E-state index is 5.53. The molecule has 21 heavy (non-hydrogen) atoms. The van der Waals surface area contributed by atoms with Crippen LogP contribution in [0.25, 0.3) is 0 Å². The van der Waals surface area contributed by atoms with Crippen molar-refractivity contribution in [2.24, 2.45) is 0 Å². The van der Waals surface area contributed by atoms with E-state index in [4.69, 9.17) is 14.2 Å². The highest BCUT2D eigenvalue weighted by Crippen LogP contribution is 2.27. The largest absolute Gasteiger partial charge is 0.493 e. The van der Waals surface area contributed by atoms with E-state index in [9.17, 15) is 0 Å². The minimum atomic E-state index is 0.314. The third-order valence-corrected chi connectivity index (χ3v) is 3.25. The molecule has 1 aromatic carbocycles. The van der Waals surface area contributed by atoms with Gasteiger partial charge in [-0.25, -0.2) is 0 Å². The number of hydrogen-bond acceptors (Lipinski definition) is 4. The maximum absolute atomic E-state index is 5.53. The molecule has 0 aliphatic heterocycles. The van der Waals surface area contributed by atoms with Gasteiger partial charge in [-0.3, -0.25) is 0 Å². The van der Waals surface area contributed by atoms with Crippen molar-refractivity contribution in [3.05, 3.63) is 23.8 Å². The topological polar surface area (TPSA) is 39.7 Å². The molecule has 4 nitrogen and oxygen atoms in total. The highest BCUT2D eigenvalue weighted by molar-refractivity contribution is 5.43. The Hall–Kier alpha value is -1.26. The zero-order valence-corrected chi connectivity index (χ0v) is 13.9. The third-order valence-electron chi connectivity index (χ3n) is 3.25. The van der Waals surface area contributed by atoms with Gasteiger partial charge >= 0.3 is 0 Å². The predicted octanol–water partition coefficient (Wildman–Crippen LogP) is 3.04. The molecule has 1 N–H and O–H groups in total. The summed E-state index contributed by atoms with van der Waals surface area (Å²) in [6.45, 7) is 8.11. The van der Waals surface area contributed by atoms with Crippen LogP contribution in [0.1, 0.15) is 32.8 Å². The minimum absolute atomic E-state index is 0.314. The molecule has 0 aliphatic rings. The standard InChI is InChI=1S/C17H29NO3/c1-13(2)21-10-6-9-18-14(3)11-15-7-8-16(19-4)17(12-15)20-5/h7-8,12-14,18H,6,9-11H2,1-5H3. The molecule has 1 rings (SSSR count). The second-order valence-corrected chi connectivity index (χ2v) is 5.52. The van der Waals surface area contributed by atoms with Gasteiger partial charge in [0, 0.05) is 12.6 Å². The van der Waals surface area contributed by atoms with Crippen LogP contribution in [0.2, 0.25) is 0 Å². The average Bonchev–Trinajstić information content (AvgIpc) is 2.46. The molecule has 0 saturated carbocycles. The highest BCUT2D eigenvalue weighted by atomic mass is 16.5. The molecular formula is C17H29NO3. The Morgan fingerprint density at radius 2 is 1.76 bits per heavy atom. The highest BCUT2D eigenvalue weighted by Gasteiger charge is 2.07. The van der Waals surface area contributed by atoms with Crippen molar-refractivity contribution in [1.82, 2.24) is 5.32 Å². The third kappa shape index (κ3) is 6.82. The first-order chi connectivity index (χ1) is 10.1. The van der Waals surface area contributed by atoms with Gasteiger partial charge in [-0.05, 0) is 57.9 Å². The van der Waals surface area contributed by atoms with E-state index in [0.29, 0.717) is 12.1 Å². The number of methoxy groups -OCH3 is 2. The lowest BCUT2D eigenvalue weighted by molar-refractivity contribution is 0.0768. The number of ether oxygens (including phenoxy) is 3. The molecule has 0 amide bonds. The van der Waals surface area contributed by atoms with E-state index in [1.165, 1.54) is 5.56 Å². The van der Waals surface area contributed by atoms with Crippen molar-refractivity contribution in [3.8, 4) is 11.5 Å². The predicted molar refractivity (Wildman–Crippen MR) is 86.4 cm³/mol. The van der Waals surface area contributed by atoms with E-state index in [2.05, 4.69) is 32.2 Å². The summed E-state index contributed by atoms with van der Waals surface area (Å²) in [5.74, 6) is 1.56. The summed E-state index contributed by atoms with van der Waals surface area (Å²) in [4.78, 5) is 0. The zero-order chi connectivity index (χ0) is 15.7. The van der Waals surface area contributed by atoms with Crippen molar-refractivity contribution in [3.63, 3.8) is 0 Å². The summed E-state index contributed by atoms with van der Waals surface area (Å²) in [5.41, 5.74) is 1.24. The van der Waals surface area contributed by atoms with Gasteiger partial charge < -0.3 is 19.5 Å². The molecule has 0 bridgehead atoms. The Balaban J connectivity index is 2.35. The van der Waals surface area contributed by atoms with Crippen LogP contribution in [0.4, 0.5) is 0 Å². The zero-order valence-electron chi connectivity index (χ0n) is 13.9. The SMILES string of the molecule is COc1ccc(CC(C)NCCCOC(C)C)cc1OC. The number of nitrogens with one attached hydrogen (secondary N) is 1. The van der Waals surface area contributed by atoms with Gasteiger partial charge in [0.15, 0.2) is 11.5 Å². The summed E-state index contributed by atoms with van der Waals surface area (Å²) in [5, 5.41) is 3.52.